The zero-order valence-corrected chi connectivity index (χ0v) is 15.7. The van der Waals surface area contributed by atoms with Crippen LogP contribution in [0.3, 0.4) is 0 Å². The molecule has 0 amide bonds. The van der Waals surface area contributed by atoms with E-state index in [1.807, 2.05) is 18.2 Å². The van der Waals surface area contributed by atoms with Crippen molar-refractivity contribution in [3.63, 3.8) is 0 Å². The molecule has 1 aromatic carbocycles. The van der Waals surface area contributed by atoms with Gasteiger partial charge in [0.25, 0.3) is 0 Å². The summed E-state index contributed by atoms with van der Waals surface area (Å²) in [4.78, 5) is 2.78. The number of rotatable bonds is 2. The first-order chi connectivity index (χ1) is 7.99. The van der Waals surface area contributed by atoms with Gasteiger partial charge in [0, 0.05) is 22.8 Å². The fourth-order valence-corrected chi connectivity index (χ4v) is 5.07. The number of alkyl halides is 1. The second-order valence-corrected chi connectivity index (χ2v) is 8.24. The molecule has 1 atom stereocenters. The minimum atomic E-state index is 0.197. The molecule has 0 fully saturated rings. The molecule has 0 N–H and O–H groups in total. The van der Waals surface area contributed by atoms with Crippen molar-refractivity contribution in [1.29, 1.82) is 0 Å². The van der Waals surface area contributed by atoms with E-state index in [0.29, 0.717) is 0 Å². The molecule has 0 aliphatic rings. The van der Waals surface area contributed by atoms with Crippen molar-refractivity contribution in [1.82, 2.24) is 0 Å². The predicted octanol–water partition coefficient (Wildman–Crippen LogP) is 6.56. The van der Waals surface area contributed by atoms with Crippen molar-refractivity contribution < 1.29 is 0 Å². The molecule has 2 aromatic rings. The first-order valence-electron chi connectivity index (χ1n) is 4.84. The van der Waals surface area contributed by atoms with Gasteiger partial charge in [-0.2, -0.15) is 0 Å². The first-order valence-corrected chi connectivity index (χ1v) is 8.82. The van der Waals surface area contributed by atoms with Crippen molar-refractivity contribution in [3.05, 3.63) is 52.6 Å². The summed E-state index contributed by atoms with van der Waals surface area (Å²) < 4.78 is 2.38. The van der Waals surface area contributed by atoms with Crippen LogP contribution in [0.2, 0.25) is 5.02 Å². The highest BCUT2D eigenvalue weighted by atomic mass is 127. The second-order valence-electron chi connectivity index (χ2n) is 3.58. The molecule has 5 heteroatoms. The fraction of sp³-hybridized carbons (Fsp3) is 0.167. The summed E-state index contributed by atoms with van der Waals surface area (Å²) >= 11 is 17.5. The van der Waals surface area contributed by atoms with Gasteiger partial charge in [-0.05, 0) is 75.3 Å². The molecule has 0 saturated heterocycles. The molecule has 90 valence electrons. The molecule has 2 rings (SSSR count). The fourth-order valence-electron chi connectivity index (χ4n) is 1.47. The van der Waals surface area contributed by atoms with E-state index in [1.54, 1.807) is 11.3 Å². The van der Waals surface area contributed by atoms with Crippen LogP contribution in [0.1, 0.15) is 20.1 Å². The third-order valence-corrected chi connectivity index (χ3v) is 7.07. The lowest BCUT2D eigenvalue weighted by Crippen LogP contribution is -1.93. The Balaban J connectivity index is 2.42. The number of benzene rings is 1. The topological polar surface area (TPSA) is 0 Å². The molecule has 1 unspecified atom stereocenters. The maximum Gasteiger partial charge on any atom is 0.0749 e. The largest absolute Gasteiger partial charge is 0.143 e. The van der Waals surface area contributed by atoms with Gasteiger partial charge in [-0.25, -0.2) is 0 Å². The van der Waals surface area contributed by atoms with Gasteiger partial charge >= 0.3 is 0 Å². The van der Waals surface area contributed by atoms with E-state index >= 15 is 0 Å². The Hall–Kier alpha value is 0.900. The summed E-state index contributed by atoms with van der Waals surface area (Å²) in [6, 6.07) is 8.15. The summed E-state index contributed by atoms with van der Waals surface area (Å²) in [6.45, 7) is 2.11. The van der Waals surface area contributed by atoms with E-state index in [2.05, 4.69) is 67.4 Å². The number of halogens is 4. The average molecular weight is 506 g/mol. The minimum Gasteiger partial charge on any atom is -0.143 e. The van der Waals surface area contributed by atoms with Gasteiger partial charge in [0.1, 0.15) is 0 Å². The maximum absolute atomic E-state index is 6.05. The predicted molar refractivity (Wildman–Crippen MR) is 91.7 cm³/mol. The quantitative estimate of drug-likeness (QED) is 0.320. The Kier molecular flexibility index (Phi) is 4.97. The third kappa shape index (κ3) is 3.26. The van der Waals surface area contributed by atoms with Crippen LogP contribution in [0, 0.1) is 10.5 Å². The smallest absolute Gasteiger partial charge is 0.0749 e. The van der Waals surface area contributed by atoms with Gasteiger partial charge < -0.3 is 0 Å². The Morgan fingerprint density at radius 3 is 2.65 bits per heavy atom. The molecule has 0 bridgehead atoms. The van der Waals surface area contributed by atoms with Crippen LogP contribution in [0.5, 0.6) is 0 Å². The molecule has 1 aromatic heterocycles. The van der Waals surface area contributed by atoms with Gasteiger partial charge in [0.2, 0.25) is 0 Å². The van der Waals surface area contributed by atoms with Gasteiger partial charge in [0.05, 0.1) is 4.83 Å². The highest BCUT2D eigenvalue weighted by Gasteiger charge is 2.17. The van der Waals surface area contributed by atoms with Crippen molar-refractivity contribution >= 4 is 77.4 Å². The van der Waals surface area contributed by atoms with E-state index in [4.69, 9.17) is 11.6 Å². The molecule has 0 aliphatic carbocycles. The van der Waals surface area contributed by atoms with E-state index in [0.717, 1.165) is 5.02 Å². The minimum absolute atomic E-state index is 0.197. The Bertz CT molecular complexity index is 534. The Morgan fingerprint density at radius 2 is 2.06 bits per heavy atom. The first kappa shape index (κ1) is 14.3. The Labute approximate surface area is 140 Å². The van der Waals surface area contributed by atoms with Crippen LogP contribution in [0.4, 0.5) is 0 Å². The standard InChI is InChI=1S/C12H8Br2ClIS/c1-6-9(13)5-11(17-6)12(14)8-4-7(15)2-3-10(8)16/h2-5,12H,1H3. The molecule has 0 nitrogen and oxygen atoms in total. The van der Waals surface area contributed by atoms with E-state index in [-0.39, 0.29) is 4.83 Å². The lowest BCUT2D eigenvalue weighted by atomic mass is 10.1. The van der Waals surface area contributed by atoms with Gasteiger partial charge in [-0.15, -0.1) is 11.3 Å². The molecular formula is C12H8Br2ClIS. The zero-order valence-electron chi connectivity index (χ0n) is 8.81. The summed E-state index contributed by atoms with van der Waals surface area (Å²) in [5.41, 5.74) is 1.21. The zero-order chi connectivity index (χ0) is 12.6. The number of aryl methyl sites for hydroxylation is 1. The number of hydrogen-bond acceptors (Lipinski definition) is 1. The molecule has 0 saturated carbocycles. The van der Waals surface area contributed by atoms with Crippen molar-refractivity contribution in [2.24, 2.45) is 0 Å². The van der Waals surface area contributed by atoms with Crippen LogP contribution in [-0.4, -0.2) is 0 Å². The highest BCUT2D eigenvalue weighted by Crippen LogP contribution is 2.40. The third-order valence-electron chi connectivity index (χ3n) is 2.36. The molecule has 17 heavy (non-hydrogen) atoms. The SMILES string of the molecule is Cc1sc(C(Br)c2cc(Cl)ccc2I)cc1Br. The van der Waals surface area contributed by atoms with E-state index in [1.165, 1.54) is 23.4 Å². The van der Waals surface area contributed by atoms with Crippen molar-refractivity contribution in [2.45, 2.75) is 11.8 Å². The van der Waals surface area contributed by atoms with E-state index in [9.17, 15) is 0 Å². The number of hydrogen-bond donors (Lipinski definition) is 0. The lowest BCUT2D eigenvalue weighted by Gasteiger charge is -2.10. The monoisotopic (exact) mass is 504 g/mol. The van der Waals surface area contributed by atoms with Crippen molar-refractivity contribution in [3.8, 4) is 0 Å². The molecule has 0 spiro atoms. The normalized spacial score (nSPS) is 12.8. The summed E-state index contributed by atoms with van der Waals surface area (Å²) in [5, 5.41) is 0.775. The van der Waals surface area contributed by atoms with Crippen molar-refractivity contribution in [2.75, 3.05) is 0 Å². The molecular weight excluding hydrogens is 498 g/mol. The summed E-state index contributed by atoms with van der Waals surface area (Å²) in [7, 11) is 0. The highest BCUT2D eigenvalue weighted by molar-refractivity contribution is 14.1. The summed E-state index contributed by atoms with van der Waals surface area (Å²) in [6.07, 6.45) is 0. The summed E-state index contributed by atoms with van der Waals surface area (Å²) in [5.74, 6) is 0. The maximum atomic E-state index is 6.05. The number of thiophene rings is 1. The van der Waals surface area contributed by atoms with Crippen LogP contribution in [0.25, 0.3) is 0 Å². The average Bonchev–Trinajstić information content (AvgIpc) is 2.62. The second kappa shape index (κ2) is 5.90. The van der Waals surface area contributed by atoms with Crippen LogP contribution >= 0.6 is 77.4 Å². The Morgan fingerprint density at radius 1 is 1.35 bits per heavy atom. The van der Waals surface area contributed by atoms with Crippen LogP contribution in [0.15, 0.2) is 28.7 Å². The molecule has 1 heterocycles. The van der Waals surface area contributed by atoms with Crippen LogP contribution < -0.4 is 0 Å². The molecule has 0 radical (unpaired) electrons. The lowest BCUT2D eigenvalue weighted by molar-refractivity contribution is 1.20. The van der Waals surface area contributed by atoms with Crippen LogP contribution in [-0.2, 0) is 0 Å². The van der Waals surface area contributed by atoms with Gasteiger partial charge in [-0.1, -0.05) is 27.5 Å². The van der Waals surface area contributed by atoms with E-state index < -0.39 is 0 Å². The van der Waals surface area contributed by atoms with Gasteiger partial charge in [0.15, 0.2) is 0 Å². The molecule has 0 aliphatic heterocycles. The van der Waals surface area contributed by atoms with Gasteiger partial charge in [-0.3, -0.25) is 0 Å².